The molecule has 17 heavy (non-hydrogen) atoms. The van der Waals surface area contributed by atoms with Gasteiger partial charge in [0, 0.05) is 11.6 Å². The number of aryl methyl sites for hydroxylation is 2. The van der Waals surface area contributed by atoms with Crippen molar-refractivity contribution in [1.29, 1.82) is 0 Å². The molecule has 1 atom stereocenters. The van der Waals surface area contributed by atoms with E-state index in [9.17, 15) is 0 Å². The number of hydrogen-bond acceptors (Lipinski definition) is 2. The number of ether oxygens (including phenoxy) is 1. The molecule has 2 nitrogen and oxygen atoms in total. The molecule has 0 aliphatic carbocycles. The van der Waals surface area contributed by atoms with Crippen LogP contribution >= 0.6 is 0 Å². The Morgan fingerprint density at radius 2 is 1.88 bits per heavy atom. The molecule has 0 heterocycles. The lowest BCUT2D eigenvalue weighted by atomic mass is 9.76. The Labute approximate surface area is 105 Å². The number of rotatable bonds is 4. The van der Waals surface area contributed by atoms with Crippen LogP contribution in [0.25, 0.3) is 0 Å². The van der Waals surface area contributed by atoms with Crippen molar-refractivity contribution in [3.63, 3.8) is 0 Å². The average Bonchev–Trinajstić information content (AvgIpc) is 2.13. The summed E-state index contributed by atoms with van der Waals surface area (Å²) in [7, 11) is 1.74. The SMILES string of the molecule is COc1cc(C)cc(C)c1C(C)(C)CC(C)N. The molecular formula is C15H25NO. The van der Waals surface area contributed by atoms with Crippen molar-refractivity contribution in [3.8, 4) is 5.75 Å². The summed E-state index contributed by atoms with van der Waals surface area (Å²) >= 11 is 0. The molecule has 2 heteroatoms. The third kappa shape index (κ3) is 3.22. The Morgan fingerprint density at radius 3 is 2.35 bits per heavy atom. The third-order valence-corrected chi connectivity index (χ3v) is 3.17. The summed E-state index contributed by atoms with van der Waals surface area (Å²) < 4.78 is 5.53. The van der Waals surface area contributed by atoms with Gasteiger partial charge in [-0.3, -0.25) is 0 Å². The van der Waals surface area contributed by atoms with E-state index in [1.807, 2.05) is 0 Å². The van der Waals surface area contributed by atoms with Gasteiger partial charge < -0.3 is 10.5 Å². The molecule has 0 saturated heterocycles. The Hall–Kier alpha value is -1.02. The van der Waals surface area contributed by atoms with Crippen LogP contribution in [0.5, 0.6) is 5.75 Å². The van der Waals surface area contributed by atoms with E-state index in [-0.39, 0.29) is 11.5 Å². The Balaban J connectivity index is 3.28. The van der Waals surface area contributed by atoms with Gasteiger partial charge in [0.1, 0.15) is 5.75 Å². The van der Waals surface area contributed by atoms with Crippen LogP contribution in [-0.4, -0.2) is 13.2 Å². The predicted octanol–water partition coefficient (Wildman–Crippen LogP) is 3.33. The van der Waals surface area contributed by atoms with Gasteiger partial charge in [-0.2, -0.15) is 0 Å². The summed E-state index contributed by atoms with van der Waals surface area (Å²) in [5.74, 6) is 0.980. The fourth-order valence-electron chi connectivity index (χ4n) is 2.86. The van der Waals surface area contributed by atoms with Gasteiger partial charge in [-0.15, -0.1) is 0 Å². The molecule has 0 aliphatic heterocycles. The quantitative estimate of drug-likeness (QED) is 0.869. The molecule has 1 aromatic carbocycles. The van der Waals surface area contributed by atoms with E-state index in [1.54, 1.807) is 7.11 Å². The normalized spacial score (nSPS) is 13.6. The van der Waals surface area contributed by atoms with Crippen LogP contribution in [-0.2, 0) is 5.41 Å². The zero-order valence-electron chi connectivity index (χ0n) is 11.9. The lowest BCUT2D eigenvalue weighted by Gasteiger charge is -2.30. The Kier molecular flexibility index (Phi) is 4.21. The van der Waals surface area contributed by atoms with Crippen molar-refractivity contribution in [2.24, 2.45) is 5.73 Å². The highest BCUT2D eigenvalue weighted by molar-refractivity contribution is 5.47. The van der Waals surface area contributed by atoms with Gasteiger partial charge in [0.2, 0.25) is 0 Å². The van der Waals surface area contributed by atoms with E-state index < -0.39 is 0 Å². The second kappa shape index (κ2) is 5.09. The van der Waals surface area contributed by atoms with E-state index in [0.29, 0.717) is 0 Å². The second-order valence-electron chi connectivity index (χ2n) is 5.72. The van der Waals surface area contributed by atoms with Gasteiger partial charge in [-0.05, 0) is 49.8 Å². The van der Waals surface area contributed by atoms with Crippen LogP contribution in [0.4, 0.5) is 0 Å². The van der Waals surface area contributed by atoms with Crippen molar-refractivity contribution in [3.05, 3.63) is 28.8 Å². The lowest BCUT2D eigenvalue weighted by Crippen LogP contribution is -2.29. The maximum absolute atomic E-state index is 5.95. The number of benzene rings is 1. The molecule has 0 bridgehead atoms. The van der Waals surface area contributed by atoms with Gasteiger partial charge >= 0.3 is 0 Å². The summed E-state index contributed by atoms with van der Waals surface area (Å²) in [5.41, 5.74) is 9.79. The van der Waals surface area contributed by atoms with Crippen molar-refractivity contribution >= 4 is 0 Å². The first-order valence-electron chi connectivity index (χ1n) is 6.19. The van der Waals surface area contributed by atoms with Crippen molar-refractivity contribution in [2.45, 2.75) is 52.5 Å². The first-order valence-corrected chi connectivity index (χ1v) is 6.19. The lowest BCUT2D eigenvalue weighted by molar-refractivity contribution is 0.374. The summed E-state index contributed by atoms with van der Waals surface area (Å²) in [4.78, 5) is 0. The first kappa shape index (κ1) is 14.0. The number of nitrogens with two attached hydrogens (primary N) is 1. The average molecular weight is 235 g/mol. The molecule has 0 amide bonds. The molecule has 0 aromatic heterocycles. The highest BCUT2D eigenvalue weighted by Gasteiger charge is 2.27. The van der Waals surface area contributed by atoms with Crippen molar-refractivity contribution < 1.29 is 4.74 Å². The summed E-state index contributed by atoms with van der Waals surface area (Å²) in [5, 5.41) is 0. The predicted molar refractivity (Wildman–Crippen MR) is 73.8 cm³/mol. The van der Waals surface area contributed by atoms with Crippen LogP contribution < -0.4 is 10.5 Å². The second-order valence-corrected chi connectivity index (χ2v) is 5.72. The van der Waals surface area contributed by atoms with E-state index in [2.05, 4.69) is 46.8 Å². The van der Waals surface area contributed by atoms with Crippen LogP contribution in [0.1, 0.15) is 43.9 Å². The maximum atomic E-state index is 5.95. The number of hydrogen-bond donors (Lipinski definition) is 1. The summed E-state index contributed by atoms with van der Waals surface area (Å²) in [6.07, 6.45) is 0.952. The van der Waals surface area contributed by atoms with E-state index >= 15 is 0 Å². The largest absolute Gasteiger partial charge is 0.496 e. The molecular weight excluding hydrogens is 210 g/mol. The van der Waals surface area contributed by atoms with Gasteiger partial charge in [0.15, 0.2) is 0 Å². The smallest absolute Gasteiger partial charge is 0.123 e. The van der Waals surface area contributed by atoms with Crippen molar-refractivity contribution in [2.75, 3.05) is 7.11 Å². The molecule has 1 unspecified atom stereocenters. The molecule has 0 spiro atoms. The third-order valence-electron chi connectivity index (χ3n) is 3.17. The molecule has 96 valence electrons. The Morgan fingerprint density at radius 1 is 1.29 bits per heavy atom. The fourth-order valence-corrected chi connectivity index (χ4v) is 2.86. The highest BCUT2D eigenvalue weighted by Crippen LogP contribution is 2.38. The molecule has 1 aromatic rings. The summed E-state index contributed by atoms with van der Waals surface area (Å²) in [6, 6.07) is 4.50. The van der Waals surface area contributed by atoms with Crippen molar-refractivity contribution in [1.82, 2.24) is 0 Å². The summed E-state index contributed by atoms with van der Waals surface area (Å²) in [6.45, 7) is 10.8. The molecule has 0 saturated carbocycles. The van der Waals surface area contributed by atoms with Gasteiger partial charge in [0.25, 0.3) is 0 Å². The van der Waals surface area contributed by atoms with Crippen LogP contribution in [0, 0.1) is 13.8 Å². The first-order chi connectivity index (χ1) is 7.77. The minimum Gasteiger partial charge on any atom is -0.496 e. The van der Waals surface area contributed by atoms with Gasteiger partial charge in [-0.1, -0.05) is 19.9 Å². The molecule has 0 radical (unpaired) electrons. The van der Waals surface area contributed by atoms with E-state index in [4.69, 9.17) is 10.5 Å². The van der Waals surface area contributed by atoms with Crippen LogP contribution in [0.3, 0.4) is 0 Å². The minimum absolute atomic E-state index is 0.0390. The van der Waals surface area contributed by atoms with Crippen LogP contribution in [0.2, 0.25) is 0 Å². The highest BCUT2D eigenvalue weighted by atomic mass is 16.5. The zero-order chi connectivity index (χ0) is 13.2. The molecule has 0 fully saturated rings. The van der Waals surface area contributed by atoms with E-state index in [1.165, 1.54) is 16.7 Å². The standard InChI is InChI=1S/C15H25NO/c1-10-7-11(2)14(13(8-10)17-6)15(4,5)9-12(3)16/h7-8,12H,9,16H2,1-6H3. The topological polar surface area (TPSA) is 35.2 Å². The van der Waals surface area contributed by atoms with Gasteiger partial charge in [-0.25, -0.2) is 0 Å². The molecule has 2 N–H and O–H groups in total. The van der Waals surface area contributed by atoms with Gasteiger partial charge in [0.05, 0.1) is 7.11 Å². The molecule has 0 aliphatic rings. The fraction of sp³-hybridized carbons (Fsp3) is 0.600. The monoisotopic (exact) mass is 235 g/mol. The zero-order valence-corrected chi connectivity index (χ0v) is 11.9. The van der Waals surface area contributed by atoms with Crippen LogP contribution in [0.15, 0.2) is 12.1 Å². The Bertz CT molecular complexity index is 394. The molecule has 1 rings (SSSR count). The number of methoxy groups -OCH3 is 1. The minimum atomic E-state index is 0.0390. The maximum Gasteiger partial charge on any atom is 0.123 e. The van der Waals surface area contributed by atoms with E-state index in [0.717, 1.165) is 12.2 Å².